The highest BCUT2D eigenvalue weighted by Crippen LogP contribution is 2.57. The summed E-state index contributed by atoms with van der Waals surface area (Å²) in [5, 5.41) is 10.5. The Kier molecular flexibility index (Phi) is 3.48. The molecule has 0 unspecified atom stereocenters. The van der Waals surface area contributed by atoms with E-state index < -0.39 is 0 Å². The summed E-state index contributed by atoms with van der Waals surface area (Å²) < 4.78 is 0. The number of aliphatic hydroxyl groups is 1. The molecular weight excluding hydrogens is 256 g/mol. The maximum Gasteiger partial charge on any atom is 0.0594 e. The van der Waals surface area contributed by atoms with E-state index in [0.29, 0.717) is 11.8 Å². The van der Waals surface area contributed by atoms with Gasteiger partial charge in [0, 0.05) is 0 Å². The van der Waals surface area contributed by atoms with E-state index in [2.05, 4.69) is 52.8 Å². The Morgan fingerprint density at radius 2 is 1.86 bits per heavy atom. The van der Waals surface area contributed by atoms with Crippen LogP contribution in [0.4, 0.5) is 0 Å². The van der Waals surface area contributed by atoms with Crippen molar-refractivity contribution in [3.8, 4) is 0 Å². The maximum atomic E-state index is 10.5. The molecule has 116 valence electrons. The minimum Gasteiger partial charge on any atom is -0.393 e. The van der Waals surface area contributed by atoms with Gasteiger partial charge in [-0.15, -0.1) is 0 Å². The van der Waals surface area contributed by atoms with E-state index >= 15 is 0 Å². The van der Waals surface area contributed by atoms with E-state index in [4.69, 9.17) is 0 Å². The van der Waals surface area contributed by atoms with Gasteiger partial charge in [0.05, 0.1) is 6.10 Å². The molecule has 1 heteroatoms. The second kappa shape index (κ2) is 4.84. The third-order valence-electron chi connectivity index (χ3n) is 6.58. The fourth-order valence-electron chi connectivity index (χ4n) is 5.09. The van der Waals surface area contributed by atoms with Crippen LogP contribution in [0.2, 0.25) is 0 Å². The minimum absolute atomic E-state index is 0.0292. The van der Waals surface area contributed by atoms with Crippen molar-refractivity contribution in [1.82, 2.24) is 0 Å². The van der Waals surface area contributed by atoms with Crippen LogP contribution in [0.25, 0.3) is 0 Å². The molecule has 1 saturated carbocycles. The maximum absolute atomic E-state index is 10.5. The fourth-order valence-corrected chi connectivity index (χ4v) is 5.09. The van der Waals surface area contributed by atoms with Gasteiger partial charge in [0.25, 0.3) is 0 Å². The van der Waals surface area contributed by atoms with Gasteiger partial charge in [-0.1, -0.05) is 52.8 Å². The van der Waals surface area contributed by atoms with Crippen LogP contribution in [0.3, 0.4) is 0 Å². The SMILES string of the molecule is CC(C)c1ccc2c(c1)CC[C@@H]1C(C)(C)[C@H](O)CC[C@@]21C. The highest BCUT2D eigenvalue weighted by Gasteiger charge is 2.53. The van der Waals surface area contributed by atoms with Gasteiger partial charge in [-0.05, 0) is 65.0 Å². The van der Waals surface area contributed by atoms with E-state index in [9.17, 15) is 5.11 Å². The first-order chi connectivity index (χ1) is 9.76. The second-order valence-corrected chi connectivity index (χ2v) is 8.46. The number of aliphatic hydroxyl groups excluding tert-OH is 1. The molecule has 1 fully saturated rings. The number of rotatable bonds is 1. The molecule has 0 bridgehead atoms. The molecule has 0 amide bonds. The van der Waals surface area contributed by atoms with Gasteiger partial charge in [-0.25, -0.2) is 0 Å². The first-order valence-corrected chi connectivity index (χ1v) is 8.58. The Morgan fingerprint density at radius 3 is 2.52 bits per heavy atom. The van der Waals surface area contributed by atoms with Crippen molar-refractivity contribution in [1.29, 1.82) is 0 Å². The van der Waals surface area contributed by atoms with Crippen molar-refractivity contribution in [3.05, 3.63) is 34.9 Å². The van der Waals surface area contributed by atoms with Gasteiger partial charge in [0.1, 0.15) is 0 Å². The molecule has 1 aromatic carbocycles. The lowest BCUT2D eigenvalue weighted by Crippen LogP contribution is -2.53. The van der Waals surface area contributed by atoms with Crippen LogP contribution in [0, 0.1) is 11.3 Å². The Morgan fingerprint density at radius 1 is 1.14 bits per heavy atom. The van der Waals surface area contributed by atoms with Crippen LogP contribution in [-0.2, 0) is 11.8 Å². The molecule has 1 aromatic rings. The predicted molar refractivity (Wildman–Crippen MR) is 88.7 cm³/mol. The topological polar surface area (TPSA) is 20.2 Å². The van der Waals surface area contributed by atoms with E-state index in [-0.39, 0.29) is 16.9 Å². The molecule has 0 radical (unpaired) electrons. The summed E-state index contributed by atoms with van der Waals surface area (Å²) in [6, 6.07) is 7.17. The summed E-state index contributed by atoms with van der Waals surface area (Å²) in [6.07, 6.45) is 4.30. The lowest BCUT2D eigenvalue weighted by Gasteiger charge is -2.56. The van der Waals surface area contributed by atoms with Gasteiger partial charge in [-0.3, -0.25) is 0 Å². The Balaban J connectivity index is 2.06. The highest BCUT2D eigenvalue weighted by atomic mass is 16.3. The van der Waals surface area contributed by atoms with Crippen LogP contribution in [0.5, 0.6) is 0 Å². The van der Waals surface area contributed by atoms with Crippen molar-refractivity contribution in [2.45, 2.75) is 77.7 Å². The fraction of sp³-hybridized carbons (Fsp3) is 0.700. The zero-order chi connectivity index (χ0) is 15.4. The lowest BCUT2D eigenvalue weighted by molar-refractivity contribution is -0.0730. The lowest BCUT2D eigenvalue weighted by atomic mass is 9.49. The molecule has 3 rings (SSSR count). The first kappa shape index (κ1) is 15.1. The number of hydrogen-bond acceptors (Lipinski definition) is 1. The largest absolute Gasteiger partial charge is 0.393 e. The summed E-state index contributed by atoms with van der Waals surface area (Å²) >= 11 is 0. The zero-order valence-electron chi connectivity index (χ0n) is 14.2. The Hall–Kier alpha value is -0.820. The molecule has 1 N–H and O–H groups in total. The van der Waals surface area contributed by atoms with Crippen LogP contribution in [0.15, 0.2) is 18.2 Å². The standard InChI is InChI=1S/C20H30O/c1-13(2)14-6-8-16-15(12-14)7-9-17-19(3,4)18(21)10-11-20(16,17)5/h6,8,12-13,17-18,21H,7,9-11H2,1-5H3/t17-,18-,20+/m1/s1. The number of hydrogen-bond donors (Lipinski definition) is 1. The van der Waals surface area contributed by atoms with Crippen molar-refractivity contribution >= 4 is 0 Å². The summed E-state index contributed by atoms with van der Waals surface area (Å²) in [5.41, 5.74) is 4.86. The van der Waals surface area contributed by atoms with Crippen LogP contribution in [-0.4, -0.2) is 11.2 Å². The average molecular weight is 286 g/mol. The van der Waals surface area contributed by atoms with Crippen LogP contribution < -0.4 is 0 Å². The number of aryl methyl sites for hydroxylation is 1. The quantitative estimate of drug-likeness (QED) is 0.785. The van der Waals surface area contributed by atoms with Crippen molar-refractivity contribution in [2.75, 3.05) is 0 Å². The van der Waals surface area contributed by atoms with Gasteiger partial charge in [0.15, 0.2) is 0 Å². The summed E-state index contributed by atoms with van der Waals surface area (Å²) in [5.74, 6) is 1.19. The molecule has 2 aliphatic carbocycles. The van der Waals surface area contributed by atoms with Gasteiger partial charge < -0.3 is 5.11 Å². The first-order valence-electron chi connectivity index (χ1n) is 8.58. The second-order valence-electron chi connectivity index (χ2n) is 8.46. The third kappa shape index (κ3) is 2.16. The molecule has 3 atom stereocenters. The van der Waals surface area contributed by atoms with E-state index in [0.717, 1.165) is 12.8 Å². The molecule has 0 saturated heterocycles. The van der Waals surface area contributed by atoms with Crippen molar-refractivity contribution < 1.29 is 5.11 Å². The van der Waals surface area contributed by atoms with Gasteiger partial charge >= 0.3 is 0 Å². The summed E-state index contributed by atoms with van der Waals surface area (Å²) in [4.78, 5) is 0. The van der Waals surface area contributed by atoms with Crippen molar-refractivity contribution in [3.63, 3.8) is 0 Å². The molecule has 1 nitrogen and oxygen atoms in total. The van der Waals surface area contributed by atoms with Crippen molar-refractivity contribution in [2.24, 2.45) is 11.3 Å². The Bertz CT molecular complexity index is 543. The molecule has 2 aliphatic rings. The third-order valence-corrected chi connectivity index (χ3v) is 6.58. The monoisotopic (exact) mass is 286 g/mol. The molecule has 0 spiro atoms. The minimum atomic E-state index is -0.146. The van der Waals surface area contributed by atoms with Gasteiger partial charge in [-0.2, -0.15) is 0 Å². The smallest absolute Gasteiger partial charge is 0.0594 e. The van der Waals surface area contributed by atoms with E-state index in [1.165, 1.54) is 18.4 Å². The molecular formula is C20H30O. The van der Waals surface area contributed by atoms with E-state index in [1.54, 1.807) is 11.1 Å². The predicted octanol–water partition coefficient (Wildman–Crippen LogP) is 4.81. The molecule has 0 heterocycles. The number of benzene rings is 1. The molecule has 21 heavy (non-hydrogen) atoms. The average Bonchev–Trinajstić information content (AvgIpc) is 2.43. The zero-order valence-corrected chi connectivity index (χ0v) is 14.2. The van der Waals surface area contributed by atoms with Crippen LogP contribution in [0.1, 0.15) is 76.5 Å². The van der Waals surface area contributed by atoms with Crippen LogP contribution >= 0.6 is 0 Å². The summed E-state index contributed by atoms with van der Waals surface area (Å²) in [7, 11) is 0. The van der Waals surface area contributed by atoms with E-state index in [1.807, 2.05) is 0 Å². The normalized spacial score (nSPS) is 34.4. The van der Waals surface area contributed by atoms with Gasteiger partial charge in [0.2, 0.25) is 0 Å². The highest BCUT2D eigenvalue weighted by molar-refractivity contribution is 5.42. The summed E-state index contributed by atoms with van der Waals surface area (Å²) in [6.45, 7) is 11.5. The molecule has 0 aliphatic heterocycles. The molecule has 0 aromatic heterocycles. The number of fused-ring (bicyclic) bond motifs is 3. The Labute approximate surface area is 129 Å².